The molecule has 0 amide bonds. The van der Waals surface area contributed by atoms with Gasteiger partial charge in [-0.1, -0.05) is 18.3 Å². The van der Waals surface area contributed by atoms with Crippen molar-refractivity contribution < 1.29 is 5.11 Å². The number of hydrogen-bond acceptors (Lipinski definition) is 5. The Labute approximate surface area is 97.9 Å². The van der Waals surface area contributed by atoms with Crippen LogP contribution in [0.5, 0.6) is 0 Å². The van der Waals surface area contributed by atoms with Crippen LogP contribution in [-0.2, 0) is 7.05 Å². The summed E-state index contributed by atoms with van der Waals surface area (Å²) in [6.45, 7) is 4.08. The summed E-state index contributed by atoms with van der Waals surface area (Å²) < 4.78 is 5.57. The first-order valence-electron chi connectivity index (χ1n) is 5.09. The molecule has 0 radical (unpaired) electrons. The van der Waals surface area contributed by atoms with Crippen molar-refractivity contribution in [2.24, 2.45) is 7.05 Å². The molecule has 2 rings (SSSR count). The van der Waals surface area contributed by atoms with E-state index in [4.69, 9.17) is 0 Å². The first-order valence-corrected chi connectivity index (χ1v) is 5.86. The standard InChI is InChI=1S/C10H14N4OS/c1-6(2)8-10(16-13-12-8)9(15)7-4-5-11-14(7)3/h4-6,9,15H,1-3H3. The van der Waals surface area contributed by atoms with E-state index >= 15 is 0 Å². The predicted octanol–water partition coefficient (Wildman–Crippen LogP) is 1.48. The second kappa shape index (κ2) is 4.31. The molecule has 2 aromatic rings. The van der Waals surface area contributed by atoms with E-state index in [-0.39, 0.29) is 5.92 Å². The molecular weight excluding hydrogens is 224 g/mol. The van der Waals surface area contributed by atoms with Crippen LogP contribution in [0, 0.1) is 0 Å². The van der Waals surface area contributed by atoms with Gasteiger partial charge in [0.1, 0.15) is 6.10 Å². The lowest BCUT2D eigenvalue weighted by molar-refractivity contribution is 0.212. The molecule has 0 aliphatic carbocycles. The van der Waals surface area contributed by atoms with Gasteiger partial charge in [-0.2, -0.15) is 5.10 Å². The van der Waals surface area contributed by atoms with Crippen LogP contribution in [0.1, 0.15) is 42.1 Å². The van der Waals surface area contributed by atoms with Gasteiger partial charge in [-0.3, -0.25) is 4.68 Å². The summed E-state index contributed by atoms with van der Waals surface area (Å²) in [5, 5.41) is 18.3. The van der Waals surface area contributed by atoms with Gasteiger partial charge in [0.15, 0.2) is 0 Å². The largest absolute Gasteiger partial charge is 0.381 e. The van der Waals surface area contributed by atoms with Gasteiger partial charge in [-0.25, -0.2) is 0 Å². The number of aliphatic hydroxyl groups is 1. The Kier molecular flexibility index (Phi) is 3.02. The van der Waals surface area contributed by atoms with Gasteiger partial charge in [-0.05, 0) is 23.5 Å². The van der Waals surface area contributed by atoms with Gasteiger partial charge in [0, 0.05) is 13.2 Å². The Balaban J connectivity index is 2.38. The van der Waals surface area contributed by atoms with Crippen molar-refractivity contribution in [3.63, 3.8) is 0 Å². The van der Waals surface area contributed by atoms with Crippen LogP contribution in [0.4, 0.5) is 0 Å². The molecule has 0 aliphatic rings. The van der Waals surface area contributed by atoms with Crippen molar-refractivity contribution in [1.29, 1.82) is 0 Å². The number of aliphatic hydroxyl groups excluding tert-OH is 1. The number of hydrogen-bond donors (Lipinski definition) is 1. The summed E-state index contributed by atoms with van der Waals surface area (Å²) in [5.41, 5.74) is 1.62. The lowest BCUT2D eigenvalue weighted by Crippen LogP contribution is -2.07. The molecule has 0 spiro atoms. The molecule has 0 saturated heterocycles. The van der Waals surface area contributed by atoms with Crippen molar-refractivity contribution >= 4 is 11.5 Å². The zero-order chi connectivity index (χ0) is 11.7. The fourth-order valence-corrected chi connectivity index (χ4v) is 2.39. The number of aromatic nitrogens is 4. The van der Waals surface area contributed by atoms with Crippen LogP contribution >= 0.6 is 11.5 Å². The van der Waals surface area contributed by atoms with Crippen LogP contribution in [0.2, 0.25) is 0 Å². The van der Waals surface area contributed by atoms with Gasteiger partial charge >= 0.3 is 0 Å². The van der Waals surface area contributed by atoms with E-state index in [1.807, 2.05) is 20.9 Å². The Bertz CT molecular complexity index is 477. The van der Waals surface area contributed by atoms with Crippen LogP contribution in [0.25, 0.3) is 0 Å². The predicted molar refractivity (Wildman–Crippen MR) is 61.3 cm³/mol. The summed E-state index contributed by atoms with van der Waals surface area (Å²) in [6, 6.07) is 1.80. The minimum absolute atomic E-state index is 0.261. The van der Waals surface area contributed by atoms with E-state index in [2.05, 4.69) is 14.7 Å². The van der Waals surface area contributed by atoms with Crippen LogP contribution < -0.4 is 0 Å². The molecule has 5 nitrogen and oxygen atoms in total. The molecule has 0 fully saturated rings. The maximum atomic E-state index is 10.2. The van der Waals surface area contributed by atoms with Crippen molar-refractivity contribution in [1.82, 2.24) is 19.4 Å². The van der Waals surface area contributed by atoms with E-state index < -0.39 is 6.10 Å². The average Bonchev–Trinajstić information content (AvgIpc) is 2.84. The van der Waals surface area contributed by atoms with Crippen molar-refractivity contribution in [3.8, 4) is 0 Å². The Morgan fingerprint density at radius 2 is 2.19 bits per heavy atom. The Hall–Kier alpha value is -1.27. The molecule has 0 aromatic carbocycles. The summed E-state index contributed by atoms with van der Waals surface area (Å²) in [7, 11) is 1.81. The van der Waals surface area contributed by atoms with E-state index in [0.717, 1.165) is 16.3 Å². The van der Waals surface area contributed by atoms with Crippen LogP contribution in [-0.4, -0.2) is 24.5 Å². The molecule has 1 N–H and O–H groups in total. The minimum Gasteiger partial charge on any atom is -0.381 e. The maximum absolute atomic E-state index is 10.2. The third kappa shape index (κ3) is 1.85. The molecule has 0 saturated carbocycles. The van der Waals surface area contributed by atoms with E-state index in [9.17, 15) is 5.11 Å². The molecule has 0 aliphatic heterocycles. The lowest BCUT2D eigenvalue weighted by atomic mass is 10.1. The molecular formula is C10H14N4OS. The van der Waals surface area contributed by atoms with Crippen molar-refractivity contribution in [2.75, 3.05) is 0 Å². The highest BCUT2D eigenvalue weighted by Gasteiger charge is 2.22. The number of aryl methyl sites for hydroxylation is 1. The highest BCUT2D eigenvalue weighted by atomic mass is 32.1. The first kappa shape index (κ1) is 11.2. The van der Waals surface area contributed by atoms with Crippen LogP contribution in [0.3, 0.4) is 0 Å². The molecule has 1 atom stereocenters. The molecule has 1 unspecified atom stereocenters. The number of rotatable bonds is 3. The second-order valence-corrected chi connectivity index (χ2v) is 4.75. The average molecular weight is 238 g/mol. The van der Waals surface area contributed by atoms with E-state index in [0.29, 0.717) is 0 Å². The topological polar surface area (TPSA) is 63.8 Å². The maximum Gasteiger partial charge on any atom is 0.133 e. The first-order chi connectivity index (χ1) is 7.61. The molecule has 2 aromatic heterocycles. The summed E-state index contributed by atoms with van der Waals surface area (Å²) >= 11 is 1.24. The van der Waals surface area contributed by atoms with Crippen molar-refractivity contribution in [3.05, 3.63) is 28.5 Å². The molecule has 16 heavy (non-hydrogen) atoms. The highest BCUT2D eigenvalue weighted by molar-refractivity contribution is 7.05. The molecule has 86 valence electrons. The summed E-state index contributed by atoms with van der Waals surface area (Å²) in [4.78, 5) is 0.804. The third-order valence-corrected chi connectivity index (χ3v) is 3.27. The highest BCUT2D eigenvalue weighted by Crippen LogP contribution is 2.30. The second-order valence-electron chi connectivity index (χ2n) is 3.96. The van der Waals surface area contributed by atoms with Gasteiger partial charge in [0.2, 0.25) is 0 Å². The van der Waals surface area contributed by atoms with Gasteiger partial charge in [-0.15, -0.1) is 5.10 Å². The Morgan fingerprint density at radius 3 is 2.75 bits per heavy atom. The summed E-state index contributed by atoms with van der Waals surface area (Å²) in [5.74, 6) is 0.261. The minimum atomic E-state index is -0.690. The smallest absolute Gasteiger partial charge is 0.133 e. The van der Waals surface area contributed by atoms with E-state index in [1.165, 1.54) is 11.5 Å². The molecule has 0 bridgehead atoms. The SMILES string of the molecule is CC(C)c1nnsc1C(O)c1ccnn1C. The molecule has 2 heterocycles. The Morgan fingerprint density at radius 1 is 1.44 bits per heavy atom. The van der Waals surface area contributed by atoms with Gasteiger partial charge in [0.25, 0.3) is 0 Å². The monoisotopic (exact) mass is 238 g/mol. The van der Waals surface area contributed by atoms with Crippen molar-refractivity contribution in [2.45, 2.75) is 25.9 Å². The zero-order valence-corrected chi connectivity index (χ0v) is 10.3. The molecule has 6 heteroatoms. The van der Waals surface area contributed by atoms with E-state index in [1.54, 1.807) is 16.9 Å². The summed E-state index contributed by atoms with van der Waals surface area (Å²) in [6.07, 6.45) is 0.979. The van der Waals surface area contributed by atoms with Gasteiger partial charge < -0.3 is 5.11 Å². The van der Waals surface area contributed by atoms with Crippen LogP contribution in [0.15, 0.2) is 12.3 Å². The third-order valence-electron chi connectivity index (χ3n) is 2.47. The number of nitrogens with zero attached hydrogens (tertiary/aromatic N) is 4. The lowest BCUT2D eigenvalue weighted by Gasteiger charge is -2.11. The van der Waals surface area contributed by atoms with Gasteiger partial charge in [0.05, 0.1) is 16.3 Å². The quantitative estimate of drug-likeness (QED) is 0.879. The zero-order valence-electron chi connectivity index (χ0n) is 9.45. The normalized spacial score (nSPS) is 13.3. The fraction of sp³-hybridized carbons (Fsp3) is 0.500. The fourth-order valence-electron chi connectivity index (χ4n) is 1.58.